The van der Waals surface area contributed by atoms with Gasteiger partial charge < -0.3 is 10.3 Å². The maximum atomic E-state index is 6.20. The number of nitrogen functional groups attached to an aromatic ring is 1. The number of anilines is 2. The number of aromatic nitrogens is 2. The normalized spacial score (nSPS) is 10.5. The lowest BCUT2D eigenvalue weighted by Crippen LogP contribution is -2.20. The molecule has 21 heavy (non-hydrogen) atoms. The molecule has 0 radical (unpaired) electrons. The van der Waals surface area contributed by atoms with Crippen molar-refractivity contribution in [3.05, 3.63) is 46.7 Å². The summed E-state index contributed by atoms with van der Waals surface area (Å²) >= 11 is 6.20. The first-order chi connectivity index (χ1) is 10.1. The minimum Gasteiger partial charge on any atom is -0.355 e. The topological polar surface area (TPSA) is 67.1 Å². The molecule has 3 N–H and O–H groups in total. The Labute approximate surface area is 130 Å². The van der Waals surface area contributed by atoms with Crippen LogP contribution in [0.2, 0.25) is 5.02 Å². The SMILES string of the molecule is CCCc1nc(NN)cc(N(C)Cc2ccccc2Cl)n1. The Kier molecular flexibility index (Phi) is 5.36. The van der Waals surface area contributed by atoms with E-state index in [-0.39, 0.29) is 0 Å². The second-order valence-corrected chi connectivity index (χ2v) is 5.28. The first-order valence-corrected chi connectivity index (χ1v) is 7.31. The van der Waals surface area contributed by atoms with Crippen molar-refractivity contribution in [2.24, 2.45) is 5.84 Å². The number of hydrogen-bond donors (Lipinski definition) is 2. The van der Waals surface area contributed by atoms with E-state index < -0.39 is 0 Å². The Hall–Kier alpha value is -1.85. The van der Waals surface area contributed by atoms with Crippen molar-refractivity contribution in [2.45, 2.75) is 26.3 Å². The quantitative estimate of drug-likeness (QED) is 0.634. The molecule has 0 saturated heterocycles. The number of aryl methyl sites for hydroxylation is 1. The number of nitrogens with zero attached hydrogens (tertiary/aromatic N) is 3. The number of hydrogen-bond acceptors (Lipinski definition) is 5. The monoisotopic (exact) mass is 305 g/mol. The van der Waals surface area contributed by atoms with Crippen LogP contribution in [0.25, 0.3) is 0 Å². The van der Waals surface area contributed by atoms with Gasteiger partial charge in [-0.3, -0.25) is 0 Å². The molecule has 0 atom stereocenters. The summed E-state index contributed by atoms with van der Waals surface area (Å²) in [6, 6.07) is 9.63. The molecule has 0 spiro atoms. The second kappa shape index (κ2) is 7.24. The minimum absolute atomic E-state index is 0.620. The standard InChI is InChI=1S/C15H20ClN5/c1-3-6-13-18-14(20-17)9-15(19-13)21(2)10-11-7-4-5-8-12(11)16/h4-5,7-9H,3,6,10,17H2,1-2H3,(H,18,19,20). The molecule has 2 aromatic rings. The number of rotatable bonds is 6. The Morgan fingerprint density at radius 3 is 2.71 bits per heavy atom. The number of halogens is 1. The number of nitrogens with two attached hydrogens (primary N) is 1. The zero-order chi connectivity index (χ0) is 15.2. The van der Waals surface area contributed by atoms with E-state index in [0.29, 0.717) is 12.4 Å². The third-order valence-corrected chi connectivity index (χ3v) is 3.51. The molecule has 0 aliphatic heterocycles. The van der Waals surface area contributed by atoms with Gasteiger partial charge in [0.15, 0.2) is 0 Å². The maximum absolute atomic E-state index is 6.20. The summed E-state index contributed by atoms with van der Waals surface area (Å²) in [5.74, 6) is 7.71. The van der Waals surface area contributed by atoms with Crippen molar-refractivity contribution < 1.29 is 0 Å². The molecular formula is C15H20ClN5. The molecule has 0 amide bonds. The van der Waals surface area contributed by atoms with Gasteiger partial charge in [0.2, 0.25) is 0 Å². The predicted octanol–water partition coefficient (Wildman–Crippen LogP) is 3.00. The highest BCUT2D eigenvalue weighted by Gasteiger charge is 2.10. The van der Waals surface area contributed by atoms with Gasteiger partial charge in [-0.05, 0) is 18.1 Å². The fourth-order valence-corrected chi connectivity index (χ4v) is 2.25. The van der Waals surface area contributed by atoms with Gasteiger partial charge in [0.05, 0.1) is 0 Å². The largest absolute Gasteiger partial charge is 0.355 e. The van der Waals surface area contributed by atoms with Gasteiger partial charge in [-0.2, -0.15) is 0 Å². The van der Waals surface area contributed by atoms with Gasteiger partial charge in [-0.1, -0.05) is 36.7 Å². The molecule has 6 heteroatoms. The summed E-state index contributed by atoms with van der Waals surface area (Å²) in [4.78, 5) is 11.0. The minimum atomic E-state index is 0.620. The Bertz CT molecular complexity index is 602. The molecule has 0 fully saturated rings. The van der Waals surface area contributed by atoms with E-state index in [1.165, 1.54) is 0 Å². The lowest BCUT2D eigenvalue weighted by Gasteiger charge is -2.20. The summed E-state index contributed by atoms with van der Waals surface area (Å²) < 4.78 is 0. The van der Waals surface area contributed by atoms with E-state index >= 15 is 0 Å². The molecule has 0 saturated carbocycles. The molecule has 1 aromatic heterocycles. The van der Waals surface area contributed by atoms with E-state index in [0.717, 1.165) is 35.1 Å². The van der Waals surface area contributed by atoms with E-state index in [1.807, 2.05) is 42.3 Å². The van der Waals surface area contributed by atoms with Crippen molar-refractivity contribution >= 4 is 23.2 Å². The van der Waals surface area contributed by atoms with Crippen LogP contribution in [-0.2, 0) is 13.0 Å². The van der Waals surface area contributed by atoms with Crippen molar-refractivity contribution in [2.75, 3.05) is 17.4 Å². The lowest BCUT2D eigenvalue weighted by molar-refractivity contribution is 0.812. The number of benzene rings is 1. The van der Waals surface area contributed by atoms with E-state index in [1.54, 1.807) is 0 Å². The maximum Gasteiger partial charge on any atom is 0.145 e. The first-order valence-electron chi connectivity index (χ1n) is 6.93. The molecule has 1 heterocycles. The fourth-order valence-electron chi connectivity index (χ4n) is 2.05. The number of hydrazine groups is 1. The molecule has 2 rings (SSSR count). The van der Waals surface area contributed by atoms with Crippen LogP contribution in [0, 0.1) is 0 Å². The summed E-state index contributed by atoms with van der Waals surface area (Å²) in [6.45, 7) is 2.77. The molecule has 0 unspecified atom stereocenters. The van der Waals surface area contributed by atoms with Crippen molar-refractivity contribution in [3.63, 3.8) is 0 Å². The summed E-state index contributed by atoms with van der Waals surface area (Å²) in [6.07, 6.45) is 1.81. The highest BCUT2D eigenvalue weighted by Crippen LogP contribution is 2.21. The van der Waals surface area contributed by atoms with Crippen molar-refractivity contribution in [1.29, 1.82) is 0 Å². The van der Waals surface area contributed by atoms with Crippen LogP contribution in [0.5, 0.6) is 0 Å². The zero-order valence-corrected chi connectivity index (χ0v) is 13.1. The Morgan fingerprint density at radius 1 is 1.29 bits per heavy atom. The highest BCUT2D eigenvalue weighted by molar-refractivity contribution is 6.31. The van der Waals surface area contributed by atoms with Gasteiger partial charge in [-0.15, -0.1) is 0 Å². The van der Waals surface area contributed by atoms with Gasteiger partial charge in [0.25, 0.3) is 0 Å². The van der Waals surface area contributed by atoms with Crippen molar-refractivity contribution in [1.82, 2.24) is 9.97 Å². The molecule has 1 aromatic carbocycles. The number of nitrogens with one attached hydrogen (secondary N) is 1. The summed E-state index contributed by atoms with van der Waals surface area (Å²) in [7, 11) is 1.97. The third-order valence-electron chi connectivity index (χ3n) is 3.14. The predicted molar refractivity (Wildman–Crippen MR) is 87.4 cm³/mol. The van der Waals surface area contributed by atoms with Crippen molar-refractivity contribution in [3.8, 4) is 0 Å². The smallest absolute Gasteiger partial charge is 0.145 e. The highest BCUT2D eigenvalue weighted by atomic mass is 35.5. The molecular weight excluding hydrogens is 286 g/mol. The van der Waals surface area contributed by atoms with Gasteiger partial charge >= 0.3 is 0 Å². The molecule has 0 aliphatic carbocycles. The Balaban J connectivity index is 2.23. The molecule has 0 aliphatic rings. The van der Waals surface area contributed by atoms with E-state index in [4.69, 9.17) is 17.4 Å². The van der Waals surface area contributed by atoms with Crippen LogP contribution < -0.4 is 16.2 Å². The average molecular weight is 306 g/mol. The van der Waals surface area contributed by atoms with Gasteiger partial charge in [-0.25, -0.2) is 15.8 Å². The molecule has 0 bridgehead atoms. The first kappa shape index (κ1) is 15.5. The fraction of sp³-hybridized carbons (Fsp3) is 0.333. The van der Waals surface area contributed by atoms with Crippen LogP contribution in [0.3, 0.4) is 0 Å². The molecule has 112 valence electrons. The third kappa shape index (κ3) is 4.06. The van der Waals surface area contributed by atoms with E-state index in [2.05, 4.69) is 22.3 Å². The second-order valence-electron chi connectivity index (χ2n) is 4.87. The van der Waals surface area contributed by atoms with Crippen LogP contribution >= 0.6 is 11.6 Å². The van der Waals surface area contributed by atoms with Crippen LogP contribution in [-0.4, -0.2) is 17.0 Å². The van der Waals surface area contributed by atoms with Crippen LogP contribution in [0.4, 0.5) is 11.6 Å². The Morgan fingerprint density at radius 2 is 2.05 bits per heavy atom. The molecule has 5 nitrogen and oxygen atoms in total. The summed E-state index contributed by atoms with van der Waals surface area (Å²) in [5.41, 5.74) is 3.65. The average Bonchev–Trinajstić information content (AvgIpc) is 2.49. The van der Waals surface area contributed by atoms with Crippen LogP contribution in [0.1, 0.15) is 24.7 Å². The van der Waals surface area contributed by atoms with Gasteiger partial charge in [0.1, 0.15) is 17.5 Å². The van der Waals surface area contributed by atoms with E-state index in [9.17, 15) is 0 Å². The summed E-state index contributed by atoms with van der Waals surface area (Å²) in [5, 5.41) is 0.754. The zero-order valence-electron chi connectivity index (χ0n) is 12.3. The van der Waals surface area contributed by atoms with Gasteiger partial charge in [0, 0.05) is 31.1 Å². The lowest BCUT2D eigenvalue weighted by atomic mass is 10.2. The van der Waals surface area contributed by atoms with Crippen LogP contribution in [0.15, 0.2) is 30.3 Å².